The molecule has 0 unspecified atom stereocenters. The number of nitrogens with one attached hydrogen (secondary N) is 1. The second kappa shape index (κ2) is 8.37. The van der Waals surface area contributed by atoms with E-state index in [9.17, 15) is 9.59 Å². The van der Waals surface area contributed by atoms with Gasteiger partial charge in [-0.2, -0.15) is 0 Å². The Morgan fingerprint density at radius 2 is 2.00 bits per heavy atom. The van der Waals surface area contributed by atoms with Crippen LogP contribution in [0.3, 0.4) is 0 Å². The number of nitrogens with zero attached hydrogens (tertiary/aromatic N) is 1. The smallest absolute Gasteiger partial charge is 0.244 e. The lowest BCUT2D eigenvalue weighted by Gasteiger charge is -2.22. The maximum Gasteiger partial charge on any atom is 0.244 e. The van der Waals surface area contributed by atoms with Gasteiger partial charge in [-0.3, -0.25) is 9.59 Å². The summed E-state index contributed by atoms with van der Waals surface area (Å²) in [6, 6.07) is 5.01. The molecule has 124 valence electrons. The number of allylic oxidation sites excluding steroid dienone is 2. The van der Waals surface area contributed by atoms with Gasteiger partial charge < -0.3 is 10.2 Å². The molecule has 4 nitrogen and oxygen atoms in total. The molecule has 2 rings (SSSR count). The zero-order chi connectivity index (χ0) is 16.8. The van der Waals surface area contributed by atoms with Gasteiger partial charge in [0.15, 0.2) is 0 Å². The molecule has 6 heteroatoms. The van der Waals surface area contributed by atoms with E-state index in [2.05, 4.69) is 17.5 Å². The van der Waals surface area contributed by atoms with Gasteiger partial charge in [-0.1, -0.05) is 41.4 Å². The Kier molecular flexibility index (Phi) is 6.48. The molecule has 0 spiro atoms. The number of amides is 2. The monoisotopic (exact) mass is 354 g/mol. The average molecular weight is 355 g/mol. The summed E-state index contributed by atoms with van der Waals surface area (Å²) >= 11 is 12.1. The van der Waals surface area contributed by atoms with Crippen LogP contribution in [0.25, 0.3) is 0 Å². The van der Waals surface area contributed by atoms with Gasteiger partial charge in [0.2, 0.25) is 11.8 Å². The lowest BCUT2D eigenvalue weighted by Crippen LogP contribution is -2.38. The minimum atomic E-state index is -0.308. The summed E-state index contributed by atoms with van der Waals surface area (Å²) in [5, 5.41) is 3.42. The Morgan fingerprint density at radius 3 is 2.57 bits per heavy atom. The largest absolute Gasteiger partial charge is 0.334 e. The van der Waals surface area contributed by atoms with Crippen LogP contribution >= 0.6 is 23.2 Å². The summed E-state index contributed by atoms with van der Waals surface area (Å²) in [5.74, 6) is -0.0285. The molecule has 0 bridgehead atoms. The van der Waals surface area contributed by atoms with E-state index in [0.29, 0.717) is 28.7 Å². The van der Waals surface area contributed by atoms with Gasteiger partial charge in [0, 0.05) is 13.0 Å². The molecule has 1 aliphatic carbocycles. The topological polar surface area (TPSA) is 49.4 Å². The first kappa shape index (κ1) is 17.8. The minimum Gasteiger partial charge on any atom is -0.334 e. The fourth-order valence-corrected chi connectivity index (χ4v) is 3.06. The molecule has 0 aromatic heterocycles. The standard InChI is InChI=1S/C17H20Cl2N2O2/c1-2-21(16(23)10-12-6-3-4-7-12)11-15(22)20-17-13(18)8-5-9-14(17)19/h3,5-6,8-9,12H,2,4,7,10-11H2,1H3,(H,20,22)/t12-/m1/s1. The Hall–Kier alpha value is -1.52. The number of likely N-dealkylation sites (N-methyl/N-ethyl adjacent to an activating group) is 1. The SMILES string of the molecule is CCN(CC(=O)Nc1c(Cl)cccc1Cl)C(=O)C[C@@H]1C=CCC1. The molecule has 2 amide bonds. The molecule has 0 saturated heterocycles. The van der Waals surface area contributed by atoms with Gasteiger partial charge in [-0.05, 0) is 37.8 Å². The van der Waals surface area contributed by atoms with Crippen LogP contribution in [0, 0.1) is 5.92 Å². The quantitative estimate of drug-likeness (QED) is 0.780. The zero-order valence-electron chi connectivity index (χ0n) is 13.0. The number of benzene rings is 1. The van der Waals surface area contributed by atoms with E-state index < -0.39 is 0 Å². The van der Waals surface area contributed by atoms with Crippen molar-refractivity contribution in [3.63, 3.8) is 0 Å². The van der Waals surface area contributed by atoms with Crippen LogP contribution in [0.5, 0.6) is 0 Å². The number of rotatable bonds is 6. The predicted octanol–water partition coefficient (Wildman–Crippen LogP) is 4.14. The number of carbonyl (C=O) groups excluding carboxylic acids is 2. The minimum absolute atomic E-state index is 0.00663. The summed E-state index contributed by atoms with van der Waals surface area (Å²) in [6.45, 7) is 2.34. The van der Waals surface area contributed by atoms with Crippen molar-refractivity contribution in [2.45, 2.75) is 26.2 Å². The van der Waals surface area contributed by atoms with Gasteiger partial charge >= 0.3 is 0 Å². The second-order valence-electron chi connectivity index (χ2n) is 5.52. The van der Waals surface area contributed by atoms with E-state index in [-0.39, 0.29) is 24.3 Å². The Bertz CT molecular complexity index is 596. The van der Waals surface area contributed by atoms with Crippen LogP contribution in [0.15, 0.2) is 30.4 Å². The fraction of sp³-hybridized carbons (Fsp3) is 0.412. The highest BCUT2D eigenvalue weighted by Crippen LogP contribution is 2.29. The third-order valence-electron chi connectivity index (χ3n) is 3.85. The second-order valence-corrected chi connectivity index (χ2v) is 6.34. The highest BCUT2D eigenvalue weighted by molar-refractivity contribution is 6.39. The molecule has 0 saturated carbocycles. The number of para-hydroxylation sites is 1. The first-order valence-corrected chi connectivity index (χ1v) is 8.45. The average Bonchev–Trinajstić information content (AvgIpc) is 3.01. The van der Waals surface area contributed by atoms with E-state index >= 15 is 0 Å². The maximum absolute atomic E-state index is 12.3. The van der Waals surface area contributed by atoms with Crippen molar-refractivity contribution >= 4 is 40.7 Å². The number of hydrogen-bond acceptors (Lipinski definition) is 2. The summed E-state index contributed by atoms with van der Waals surface area (Å²) < 4.78 is 0. The summed E-state index contributed by atoms with van der Waals surface area (Å²) in [5.41, 5.74) is 0.378. The molecule has 0 fully saturated rings. The van der Waals surface area contributed by atoms with Crippen molar-refractivity contribution in [1.29, 1.82) is 0 Å². The lowest BCUT2D eigenvalue weighted by atomic mass is 10.0. The predicted molar refractivity (Wildman–Crippen MR) is 93.8 cm³/mol. The maximum atomic E-state index is 12.3. The van der Waals surface area contributed by atoms with Crippen molar-refractivity contribution in [3.8, 4) is 0 Å². The molecule has 0 aliphatic heterocycles. The van der Waals surface area contributed by atoms with E-state index in [1.54, 1.807) is 23.1 Å². The Balaban J connectivity index is 1.94. The van der Waals surface area contributed by atoms with Gasteiger partial charge in [-0.15, -0.1) is 0 Å². The van der Waals surface area contributed by atoms with Crippen molar-refractivity contribution in [1.82, 2.24) is 4.90 Å². The van der Waals surface area contributed by atoms with Gasteiger partial charge in [-0.25, -0.2) is 0 Å². The molecular weight excluding hydrogens is 335 g/mol. The van der Waals surface area contributed by atoms with Crippen LogP contribution in [0.4, 0.5) is 5.69 Å². The van der Waals surface area contributed by atoms with Crippen LogP contribution in [0.2, 0.25) is 10.0 Å². The third-order valence-corrected chi connectivity index (χ3v) is 4.48. The van der Waals surface area contributed by atoms with E-state index in [0.717, 1.165) is 12.8 Å². The van der Waals surface area contributed by atoms with E-state index in [1.807, 2.05) is 6.92 Å². The highest BCUT2D eigenvalue weighted by Gasteiger charge is 2.21. The molecule has 0 heterocycles. The molecule has 1 atom stereocenters. The Morgan fingerprint density at radius 1 is 1.30 bits per heavy atom. The van der Waals surface area contributed by atoms with Crippen LogP contribution in [-0.4, -0.2) is 29.8 Å². The zero-order valence-corrected chi connectivity index (χ0v) is 14.5. The van der Waals surface area contributed by atoms with Gasteiger partial charge in [0.25, 0.3) is 0 Å². The highest BCUT2D eigenvalue weighted by atomic mass is 35.5. The number of anilines is 1. The van der Waals surface area contributed by atoms with Gasteiger partial charge in [0.1, 0.15) is 0 Å². The number of hydrogen-bond donors (Lipinski definition) is 1. The first-order valence-electron chi connectivity index (χ1n) is 7.69. The van der Waals surface area contributed by atoms with Crippen LogP contribution in [-0.2, 0) is 9.59 Å². The molecule has 1 aliphatic rings. The normalized spacial score (nSPS) is 16.4. The molecular formula is C17H20Cl2N2O2. The molecule has 1 N–H and O–H groups in total. The molecule has 1 aromatic carbocycles. The van der Waals surface area contributed by atoms with E-state index in [4.69, 9.17) is 23.2 Å². The number of halogens is 2. The van der Waals surface area contributed by atoms with Crippen LogP contribution in [0.1, 0.15) is 26.2 Å². The first-order chi connectivity index (χ1) is 11.0. The third kappa shape index (κ3) is 4.98. The summed E-state index contributed by atoms with van der Waals surface area (Å²) in [7, 11) is 0. The van der Waals surface area contributed by atoms with Crippen molar-refractivity contribution in [2.24, 2.45) is 5.92 Å². The molecule has 23 heavy (non-hydrogen) atoms. The molecule has 0 radical (unpaired) electrons. The van der Waals surface area contributed by atoms with Crippen LogP contribution < -0.4 is 5.32 Å². The molecule has 1 aromatic rings. The van der Waals surface area contributed by atoms with Crippen molar-refractivity contribution in [2.75, 3.05) is 18.4 Å². The summed E-state index contributed by atoms with van der Waals surface area (Å²) in [6.07, 6.45) is 6.65. The lowest BCUT2D eigenvalue weighted by molar-refractivity contribution is -0.135. The fourth-order valence-electron chi connectivity index (χ4n) is 2.56. The van der Waals surface area contributed by atoms with Gasteiger partial charge in [0.05, 0.1) is 22.3 Å². The van der Waals surface area contributed by atoms with Crippen molar-refractivity contribution in [3.05, 3.63) is 40.4 Å². The summed E-state index contributed by atoms with van der Waals surface area (Å²) in [4.78, 5) is 26.1. The number of carbonyl (C=O) groups is 2. The van der Waals surface area contributed by atoms with E-state index in [1.165, 1.54) is 0 Å². The van der Waals surface area contributed by atoms with Crippen molar-refractivity contribution < 1.29 is 9.59 Å². The Labute approximate surface area is 146 Å².